The van der Waals surface area contributed by atoms with E-state index < -0.39 is 39.5 Å². The second-order valence-electron chi connectivity index (χ2n) is 6.07. The number of hydrogen-bond donors (Lipinski definition) is 1. The molecule has 0 aromatic heterocycles. The molecule has 1 aromatic carbocycles. The molecule has 1 saturated heterocycles. The monoisotopic (exact) mass is 309 g/mol. The van der Waals surface area contributed by atoms with Gasteiger partial charge in [-0.25, -0.2) is 0 Å². The fourth-order valence-corrected chi connectivity index (χ4v) is 2.07. The molecule has 10 heteroatoms. The highest BCUT2D eigenvalue weighted by atomic mass is 16.7. The van der Waals surface area contributed by atoms with Crippen molar-refractivity contribution in [2.24, 2.45) is 0 Å². The molecule has 0 aliphatic carbocycles. The summed E-state index contributed by atoms with van der Waals surface area (Å²) < 4.78 is 11.5. The van der Waals surface area contributed by atoms with Crippen LogP contribution in [0.4, 0.5) is 17.1 Å². The molecular formula is C12H16BN3O6. The number of nitro groups is 2. The van der Waals surface area contributed by atoms with Crippen LogP contribution in [-0.4, -0.2) is 28.2 Å². The van der Waals surface area contributed by atoms with E-state index in [1.807, 2.05) is 0 Å². The number of nitrogen functional groups attached to an aromatic ring is 1. The van der Waals surface area contributed by atoms with Crippen LogP contribution in [-0.2, 0) is 9.31 Å². The van der Waals surface area contributed by atoms with E-state index in [2.05, 4.69) is 0 Å². The third-order valence-corrected chi connectivity index (χ3v) is 4.09. The molecule has 0 atom stereocenters. The highest BCUT2D eigenvalue weighted by molar-refractivity contribution is 6.64. The first-order chi connectivity index (χ1) is 9.96. The lowest BCUT2D eigenvalue weighted by Crippen LogP contribution is -2.41. The van der Waals surface area contributed by atoms with Crippen molar-refractivity contribution in [3.8, 4) is 0 Å². The summed E-state index contributed by atoms with van der Waals surface area (Å²) in [5, 5.41) is 22.0. The van der Waals surface area contributed by atoms with E-state index in [0.717, 1.165) is 12.1 Å². The van der Waals surface area contributed by atoms with E-state index in [1.165, 1.54) is 0 Å². The van der Waals surface area contributed by atoms with Gasteiger partial charge in [0.2, 0.25) is 0 Å². The Morgan fingerprint density at radius 3 is 1.95 bits per heavy atom. The van der Waals surface area contributed by atoms with Crippen molar-refractivity contribution in [2.45, 2.75) is 38.9 Å². The van der Waals surface area contributed by atoms with Crippen LogP contribution >= 0.6 is 0 Å². The van der Waals surface area contributed by atoms with Gasteiger partial charge in [-0.3, -0.25) is 20.2 Å². The van der Waals surface area contributed by atoms with Gasteiger partial charge in [-0.15, -0.1) is 0 Å². The van der Waals surface area contributed by atoms with Gasteiger partial charge < -0.3 is 15.0 Å². The normalized spacial score (nSPS) is 19.2. The number of nitro benzene ring substituents is 2. The van der Waals surface area contributed by atoms with E-state index >= 15 is 0 Å². The summed E-state index contributed by atoms with van der Waals surface area (Å²) in [6, 6.07) is 1.97. The Bertz CT molecular complexity index is 645. The predicted octanol–water partition coefficient (Wildman–Crippen LogP) is 1.38. The lowest BCUT2D eigenvalue weighted by atomic mass is 9.77. The Morgan fingerprint density at radius 2 is 1.55 bits per heavy atom. The minimum absolute atomic E-state index is 0.0829. The molecule has 0 radical (unpaired) electrons. The molecule has 0 saturated carbocycles. The third kappa shape index (κ3) is 2.50. The maximum absolute atomic E-state index is 11.0. The van der Waals surface area contributed by atoms with Gasteiger partial charge in [0.25, 0.3) is 11.4 Å². The maximum Gasteiger partial charge on any atom is 0.497 e. The largest absolute Gasteiger partial charge is 0.497 e. The minimum Gasteiger partial charge on any atom is -0.399 e. The average molecular weight is 309 g/mol. The van der Waals surface area contributed by atoms with E-state index in [4.69, 9.17) is 15.0 Å². The van der Waals surface area contributed by atoms with Gasteiger partial charge >= 0.3 is 7.12 Å². The fourth-order valence-electron chi connectivity index (χ4n) is 2.07. The van der Waals surface area contributed by atoms with Crippen LogP contribution in [0.5, 0.6) is 0 Å². The highest BCUT2D eigenvalue weighted by Gasteiger charge is 2.53. The van der Waals surface area contributed by atoms with Crippen LogP contribution in [0.25, 0.3) is 0 Å². The number of anilines is 1. The van der Waals surface area contributed by atoms with Crippen LogP contribution in [0.3, 0.4) is 0 Å². The predicted molar refractivity (Wildman–Crippen MR) is 79.9 cm³/mol. The third-order valence-electron chi connectivity index (χ3n) is 4.09. The lowest BCUT2D eigenvalue weighted by molar-refractivity contribution is -0.393. The summed E-state index contributed by atoms with van der Waals surface area (Å²) in [6.45, 7) is 7.20. The van der Waals surface area contributed by atoms with Gasteiger partial charge in [0.1, 0.15) is 5.69 Å². The lowest BCUT2D eigenvalue weighted by Gasteiger charge is -2.32. The van der Waals surface area contributed by atoms with E-state index in [-0.39, 0.29) is 11.2 Å². The zero-order chi connectivity index (χ0) is 16.9. The van der Waals surface area contributed by atoms with Crippen molar-refractivity contribution in [1.82, 2.24) is 0 Å². The Labute approximate surface area is 126 Å². The molecule has 1 fully saturated rings. The summed E-state index contributed by atoms with van der Waals surface area (Å²) in [5.41, 5.74) is 3.31. The summed E-state index contributed by atoms with van der Waals surface area (Å²) in [6.07, 6.45) is 0. The zero-order valence-electron chi connectivity index (χ0n) is 12.7. The first-order valence-electron chi connectivity index (χ1n) is 6.54. The number of hydrogen-bond acceptors (Lipinski definition) is 7. The van der Waals surface area contributed by atoms with E-state index in [1.54, 1.807) is 27.7 Å². The molecule has 0 spiro atoms. The molecule has 0 amide bonds. The van der Waals surface area contributed by atoms with Crippen LogP contribution in [0, 0.1) is 20.2 Å². The van der Waals surface area contributed by atoms with E-state index in [9.17, 15) is 20.2 Å². The van der Waals surface area contributed by atoms with Crippen molar-refractivity contribution < 1.29 is 19.2 Å². The number of nitrogens with zero attached hydrogens (tertiary/aromatic N) is 2. The first kappa shape index (κ1) is 16.2. The quantitative estimate of drug-likeness (QED) is 0.386. The van der Waals surface area contributed by atoms with Crippen LogP contribution in [0.15, 0.2) is 12.1 Å². The summed E-state index contributed by atoms with van der Waals surface area (Å²) >= 11 is 0. The summed E-state index contributed by atoms with van der Waals surface area (Å²) in [4.78, 5) is 20.5. The Kier molecular flexibility index (Phi) is 3.62. The first-order valence-corrected chi connectivity index (χ1v) is 6.54. The number of nitrogens with two attached hydrogens (primary N) is 1. The van der Waals surface area contributed by atoms with Crippen molar-refractivity contribution in [3.05, 3.63) is 32.4 Å². The van der Waals surface area contributed by atoms with Crippen molar-refractivity contribution in [2.75, 3.05) is 5.73 Å². The molecule has 2 rings (SSSR count). The summed E-state index contributed by atoms with van der Waals surface area (Å²) in [5.74, 6) is 0. The number of benzene rings is 1. The molecule has 0 unspecified atom stereocenters. The zero-order valence-corrected chi connectivity index (χ0v) is 12.7. The summed E-state index contributed by atoms with van der Waals surface area (Å²) in [7, 11) is -1.01. The molecule has 1 aliphatic rings. The Hall–Kier alpha value is -2.20. The number of rotatable bonds is 3. The van der Waals surface area contributed by atoms with Gasteiger partial charge in [-0.1, -0.05) is 0 Å². The molecular weight excluding hydrogens is 293 g/mol. The van der Waals surface area contributed by atoms with Gasteiger partial charge in [-0.05, 0) is 27.7 Å². The van der Waals surface area contributed by atoms with Gasteiger partial charge in [-0.2, -0.15) is 0 Å². The van der Waals surface area contributed by atoms with Crippen LogP contribution in [0.2, 0.25) is 0 Å². The van der Waals surface area contributed by atoms with E-state index in [0.29, 0.717) is 0 Å². The smallest absolute Gasteiger partial charge is 0.399 e. The molecule has 22 heavy (non-hydrogen) atoms. The Morgan fingerprint density at radius 1 is 1.05 bits per heavy atom. The van der Waals surface area contributed by atoms with Crippen LogP contribution < -0.4 is 11.2 Å². The second-order valence-corrected chi connectivity index (χ2v) is 6.07. The maximum atomic E-state index is 11.0. The molecule has 118 valence electrons. The molecule has 1 aliphatic heterocycles. The van der Waals surface area contributed by atoms with Gasteiger partial charge in [0.15, 0.2) is 0 Å². The topological polar surface area (TPSA) is 131 Å². The van der Waals surface area contributed by atoms with Crippen molar-refractivity contribution in [1.29, 1.82) is 0 Å². The Balaban J connectivity index is 2.57. The van der Waals surface area contributed by atoms with Crippen LogP contribution in [0.1, 0.15) is 27.7 Å². The molecule has 0 bridgehead atoms. The second kappa shape index (κ2) is 4.92. The molecule has 1 aromatic rings. The van der Waals surface area contributed by atoms with Crippen molar-refractivity contribution in [3.63, 3.8) is 0 Å². The standard InChI is InChI=1S/C12H16BN3O6/c1-11(2)12(3,4)22-13(21-11)8-5-7(15(17)18)6-9(10(8)14)16(19)20/h5-6H,14H2,1-4H3. The molecule has 2 N–H and O–H groups in total. The average Bonchev–Trinajstić information content (AvgIpc) is 2.57. The van der Waals surface area contributed by atoms with Crippen molar-refractivity contribution >= 4 is 29.6 Å². The molecule has 9 nitrogen and oxygen atoms in total. The minimum atomic E-state index is -1.01. The number of non-ortho nitro benzene ring substituents is 1. The van der Waals surface area contributed by atoms with Gasteiger partial charge in [0.05, 0.1) is 27.1 Å². The van der Waals surface area contributed by atoms with Gasteiger partial charge in [0, 0.05) is 11.5 Å². The molecule has 1 heterocycles. The SMILES string of the molecule is CC1(C)OB(c2cc([N+](=O)[O-])cc([N+](=O)[O-])c2N)OC1(C)C. The highest BCUT2D eigenvalue weighted by Crippen LogP contribution is 2.38. The fraction of sp³-hybridized carbons (Fsp3) is 0.500.